The number of nitrogens with one attached hydrogen (secondary N) is 2. The molecule has 0 unspecified atom stereocenters. The van der Waals surface area contributed by atoms with Crippen LogP contribution in [-0.4, -0.2) is 26.1 Å². The standard InChI is InChI=1S/C18H21ClN2O2/c1-13-3-8-17(23-2)16(11-13)21-12-18(22)20-10-9-14-4-6-15(19)7-5-14/h3-8,11,21H,9-10,12H2,1-2H3,(H,20,22). The molecule has 0 aliphatic carbocycles. The lowest BCUT2D eigenvalue weighted by Gasteiger charge is -2.12. The molecule has 0 aliphatic rings. The number of rotatable bonds is 7. The van der Waals surface area contributed by atoms with Gasteiger partial charge >= 0.3 is 0 Å². The van der Waals surface area contributed by atoms with Crippen LogP contribution in [0.5, 0.6) is 5.75 Å². The monoisotopic (exact) mass is 332 g/mol. The van der Waals surface area contributed by atoms with Gasteiger partial charge in [0.05, 0.1) is 19.3 Å². The predicted octanol–water partition coefficient (Wildman–Crippen LogP) is 3.43. The molecule has 0 fully saturated rings. The average molecular weight is 333 g/mol. The molecule has 0 aromatic heterocycles. The fourth-order valence-electron chi connectivity index (χ4n) is 2.20. The van der Waals surface area contributed by atoms with Gasteiger partial charge in [0.15, 0.2) is 0 Å². The second-order valence-corrected chi connectivity index (χ2v) is 5.72. The van der Waals surface area contributed by atoms with Gasteiger partial charge in [-0.2, -0.15) is 0 Å². The van der Waals surface area contributed by atoms with E-state index in [1.165, 1.54) is 0 Å². The van der Waals surface area contributed by atoms with E-state index in [2.05, 4.69) is 10.6 Å². The summed E-state index contributed by atoms with van der Waals surface area (Å²) >= 11 is 5.84. The van der Waals surface area contributed by atoms with E-state index in [4.69, 9.17) is 16.3 Å². The van der Waals surface area contributed by atoms with E-state index in [-0.39, 0.29) is 12.5 Å². The number of hydrogen-bond donors (Lipinski definition) is 2. The van der Waals surface area contributed by atoms with E-state index >= 15 is 0 Å². The Kier molecular flexibility index (Phi) is 6.29. The van der Waals surface area contributed by atoms with Crippen LogP contribution in [0.1, 0.15) is 11.1 Å². The van der Waals surface area contributed by atoms with Crippen LogP contribution >= 0.6 is 11.6 Å². The Labute approximate surface area is 141 Å². The molecule has 0 bridgehead atoms. The third-order valence-electron chi connectivity index (χ3n) is 3.44. The lowest BCUT2D eigenvalue weighted by Crippen LogP contribution is -2.31. The van der Waals surface area contributed by atoms with Crippen molar-refractivity contribution in [2.24, 2.45) is 0 Å². The van der Waals surface area contributed by atoms with Gasteiger partial charge in [0, 0.05) is 11.6 Å². The molecule has 0 spiro atoms. The molecule has 0 saturated heterocycles. The number of carbonyl (C=O) groups excluding carboxylic acids is 1. The first-order valence-corrected chi connectivity index (χ1v) is 7.86. The number of carbonyl (C=O) groups is 1. The van der Waals surface area contributed by atoms with Gasteiger partial charge in [-0.25, -0.2) is 0 Å². The summed E-state index contributed by atoms with van der Waals surface area (Å²) in [5.41, 5.74) is 3.07. The largest absolute Gasteiger partial charge is 0.495 e. The normalized spacial score (nSPS) is 10.2. The number of aryl methyl sites for hydroxylation is 1. The molecule has 0 heterocycles. The van der Waals surface area contributed by atoms with Crippen LogP contribution in [0.25, 0.3) is 0 Å². The number of anilines is 1. The number of methoxy groups -OCH3 is 1. The second kappa shape index (κ2) is 8.44. The maximum absolute atomic E-state index is 11.9. The van der Waals surface area contributed by atoms with Crippen LogP contribution in [0.15, 0.2) is 42.5 Å². The Bertz CT molecular complexity index is 657. The number of benzene rings is 2. The van der Waals surface area contributed by atoms with Gasteiger partial charge in [0.2, 0.25) is 5.91 Å². The van der Waals surface area contributed by atoms with Crippen LogP contribution in [0, 0.1) is 6.92 Å². The highest BCUT2D eigenvalue weighted by Crippen LogP contribution is 2.24. The number of hydrogen-bond acceptors (Lipinski definition) is 3. The first-order chi connectivity index (χ1) is 11.1. The van der Waals surface area contributed by atoms with Gasteiger partial charge in [0.25, 0.3) is 0 Å². The summed E-state index contributed by atoms with van der Waals surface area (Å²) in [7, 11) is 1.61. The summed E-state index contributed by atoms with van der Waals surface area (Å²) in [5.74, 6) is 0.673. The lowest BCUT2D eigenvalue weighted by atomic mass is 10.1. The zero-order chi connectivity index (χ0) is 16.7. The van der Waals surface area contributed by atoms with Crippen LogP contribution in [0.2, 0.25) is 5.02 Å². The lowest BCUT2D eigenvalue weighted by molar-refractivity contribution is -0.119. The van der Waals surface area contributed by atoms with E-state index in [1.54, 1.807) is 7.11 Å². The molecule has 2 aromatic rings. The molecule has 0 aliphatic heterocycles. The van der Waals surface area contributed by atoms with Crippen molar-refractivity contribution < 1.29 is 9.53 Å². The summed E-state index contributed by atoms with van der Waals surface area (Å²) in [6.45, 7) is 2.80. The van der Waals surface area contributed by atoms with E-state index in [1.807, 2.05) is 49.4 Å². The first-order valence-electron chi connectivity index (χ1n) is 7.48. The van der Waals surface area contributed by atoms with Crippen LogP contribution < -0.4 is 15.4 Å². The zero-order valence-electron chi connectivity index (χ0n) is 13.4. The summed E-state index contributed by atoms with van der Waals surface area (Å²) in [4.78, 5) is 11.9. The highest BCUT2D eigenvalue weighted by molar-refractivity contribution is 6.30. The smallest absolute Gasteiger partial charge is 0.239 e. The van der Waals surface area contributed by atoms with Crippen molar-refractivity contribution in [1.82, 2.24) is 5.32 Å². The van der Waals surface area contributed by atoms with Gasteiger partial charge in [-0.05, 0) is 48.7 Å². The van der Waals surface area contributed by atoms with Gasteiger partial charge in [-0.3, -0.25) is 4.79 Å². The molecule has 5 heteroatoms. The second-order valence-electron chi connectivity index (χ2n) is 5.28. The molecular weight excluding hydrogens is 312 g/mol. The molecular formula is C18H21ClN2O2. The summed E-state index contributed by atoms with van der Waals surface area (Å²) < 4.78 is 5.28. The van der Waals surface area contributed by atoms with Crippen LogP contribution in [-0.2, 0) is 11.2 Å². The summed E-state index contributed by atoms with van der Waals surface area (Å²) in [6, 6.07) is 13.4. The maximum Gasteiger partial charge on any atom is 0.239 e. The molecule has 2 rings (SSSR count). The number of amides is 1. The van der Waals surface area contributed by atoms with Gasteiger partial charge in [-0.1, -0.05) is 29.8 Å². The fraction of sp³-hybridized carbons (Fsp3) is 0.278. The van der Waals surface area contributed by atoms with E-state index in [0.717, 1.165) is 29.0 Å². The maximum atomic E-state index is 11.9. The minimum Gasteiger partial charge on any atom is -0.495 e. The van der Waals surface area contributed by atoms with E-state index in [9.17, 15) is 4.79 Å². The Morgan fingerprint density at radius 2 is 1.91 bits per heavy atom. The number of ether oxygens (including phenoxy) is 1. The van der Waals surface area contributed by atoms with Gasteiger partial charge < -0.3 is 15.4 Å². The van der Waals surface area contributed by atoms with E-state index in [0.29, 0.717) is 11.6 Å². The van der Waals surface area contributed by atoms with Crippen molar-refractivity contribution in [3.63, 3.8) is 0 Å². The summed E-state index contributed by atoms with van der Waals surface area (Å²) in [6.07, 6.45) is 0.774. The predicted molar refractivity (Wildman–Crippen MR) is 94.4 cm³/mol. The highest BCUT2D eigenvalue weighted by atomic mass is 35.5. The van der Waals surface area contributed by atoms with Crippen molar-refractivity contribution in [2.75, 3.05) is 25.5 Å². The Morgan fingerprint density at radius 1 is 1.17 bits per heavy atom. The highest BCUT2D eigenvalue weighted by Gasteiger charge is 2.05. The first kappa shape index (κ1) is 17.2. The fourth-order valence-corrected chi connectivity index (χ4v) is 2.32. The molecule has 4 nitrogen and oxygen atoms in total. The van der Waals surface area contributed by atoms with Crippen molar-refractivity contribution in [2.45, 2.75) is 13.3 Å². The average Bonchev–Trinajstić information content (AvgIpc) is 2.55. The SMILES string of the molecule is COc1ccc(C)cc1NCC(=O)NCCc1ccc(Cl)cc1. The molecule has 2 N–H and O–H groups in total. The van der Waals surface area contributed by atoms with Crippen molar-refractivity contribution in [3.8, 4) is 5.75 Å². The molecule has 2 aromatic carbocycles. The molecule has 0 radical (unpaired) electrons. The Balaban J connectivity index is 1.77. The Hall–Kier alpha value is -2.20. The summed E-state index contributed by atoms with van der Waals surface area (Å²) in [5, 5.41) is 6.72. The molecule has 0 atom stereocenters. The minimum absolute atomic E-state index is 0.0532. The topological polar surface area (TPSA) is 50.4 Å². The third kappa shape index (κ3) is 5.49. The molecule has 0 saturated carbocycles. The van der Waals surface area contributed by atoms with Crippen molar-refractivity contribution in [3.05, 3.63) is 58.6 Å². The van der Waals surface area contributed by atoms with E-state index < -0.39 is 0 Å². The van der Waals surface area contributed by atoms with Crippen LogP contribution in [0.4, 0.5) is 5.69 Å². The Morgan fingerprint density at radius 3 is 2.61 bits per heavy atom. The minimum atomic E-state index is -0.0532. The van der Waals surface area contributed by atoms with Gasteiger partial charge in [0.1, 0.15) is 5.75 Å². The number of halogens is 1. The third-order valence-corrected chi connectivity index (χ3v) is 3.70. The molecule has 23 heavy (non-hydrogen) atoms. The molecule has 1 amide bonds. The van der Waals surface area contributed by atoms with Crippen LogP contribution in [0.3, 0.4) is 0 Å². The van der Waals surface area contributed by atoms with Crippen molar-refractivity contribution in [1.29, 1.82) is 0 Å². The van der Waals surface area contributed by atoms with Crippen molar-refractivity contribution >= 4 is 23.2 Å². The molecule has 122 valence electrons. The zero-order valence-corrected chi connectivity index (χ0v) is 14.1. The van der Waals surface area contributed by atoms with Gasteiger partial charge in [-0.15, -0.1) is 0 Å². The quantitative estimate of drug-likeness (QED) is 0.816.